The molecule has 2 aliphatic heterocycles. The van der Waals surface area contributed by atoms with Crippen molar-refractivity contribution in [3.05, 3.63) is 35.0 Å². The number of pyridine rings is 1. The Balaban J connectivity index is 1.47. The fourth-order valence-corrected chi connectivity index (χ4v) is 4.63. The Morgan fingerprint density at radius 2 is 2.03 bits per heavy atom. The molecule has 3 heterocycles. The molecular weight excluding hydrogens is 386 g/mol. The van der Waals surface area contributed by atoms with Gasteiger partial charge < -0.3 is 9.80 Å². The van der Waals surface area contributed by atoms with E-state index in [1.807, 2.05) is 23.1 Å². The second-order valence-electron chi connectivity index (χ2n) is 7.99. The van der Waals surface area contributed by atoms with E-state index in [2.05, 4.69) is 27.8 Å². The zero-order chi connectivity index (χ0) is 20.4. The Morgan fingerprint density at radius 1 is 1.24 bits per heavy atom. The molecule has 0 saturated carbocycles. The molecule has 2 aliphatic rings. The Labute approximate surface area is 176 Å². The zero-order valence-corrected chi connectivity index (χ0v) is 17.5. The van der Waals surface area contributed by atoms with Gasteiger partial charge in [0.2, 0.25) is 5.91 Å². The molecule has 0 N–H and O–H groups in total. The number of rotatable bonds is 3. The molecule has 1 amide bonds. The first-order chi connectivity index (χ1) is 14.1. The Kier molecular flexibility index (Phi) is 5.89. The van der Waals surface area contributed by atoms with Gasteiger partial charge in [0, 0.05) is 55.4 Å². The number of hydrogen-bond donors (Lipinski definition) is 0. The number of piperazine rings is 1. The summed E-state index contributed by atoms with van der Waals surface area (Å²) in [5.41, 5.74) is 2.29. The van der Waals surface area contributed by atoms with Crippen molar-refractivity contribution in [2.24, 2.45) is 0 Å². The average Bonchev–Trinajstić information content (AvgIpc) is 2.73. The van der Waals surface area contributed by atoms with Crippen LogP contribution >= 0.6 is 11.6 Å². The number of benzene rings is 1. The second-order valence-corrected chi connectivity index (χ2v) is 8.43. The van der Waals surface area contributed by atoms with E-state index in [1.54, 1.807) is 6.20 Å². The molecule has 1 atom stereocenters. The van der Waals surface area contributed by atoms with Gasteiger partial charge >= 0.3 is 0 Å². The van der Waals surface area contributed by atoms with Gasteiger partial charge in [-0.05, 0) is 44.4 Å². The number of halogens is 1. The number of nitriles is 1. The van der Waals surface area contributed by atoms with Crippen molar-refractivity contribution in [1.29, 1.82) is 5.26 Å². The summed E-state index contributed by atoms with van der Waals surface area (Å²) in [7, 11) is 0. The van der Waals surface area contributed by atoms with Crippen molar-refractivity contribution in [2.75, 3.05) is 44.2 Å². The summed E-state index contributed by atoms with van der Waals surface area (Å²) in [4.78, 5) is 23.6. The number of nitrogens with zero attached hydrogens (tertiary/aromatic N) is 5. The summed E-state index contributed by atoms with van der Waals surface area (Å²) >= 11 is 6.21. The first-order valence-electron chi connectivity index (χ1n) is 10.3. The first-order valence-corrected chi connectivity index (χ1v) is 10.7. The van der Waals surface area contributed by atoms with Crippen molar-refractivity contribution >= 4 is 34.1 Å². The standard InChI is InChI=1S/C22H26ClN5O/c1-16-4-2-3-7-28(16)21(29)15-26-8-10-27(11-9-26)22-17(13-24)14-25-20-6-5-18(23)12-19(20)22/h5-6,12,14,16H,2-4,7-11,15H2,1H3. The summed E-state index contributed by atoms with van der Waals surface area (Å²) in [5, 5.41) is 11.1. The second kappa shape index (κ2) is 8.56. The SMILES string of the molecule is CC1CCCCN1C(=O)CN1CCN(c2c(C#N)cnc3ccc(Cl)cc23)CC1. The highest BCUT2D eigenvalue weighted by atomic mass is 35.5. The lowest BCUT2D eigenvalue weighted by Gasteiger charge is -2.39. The third-order valence-corrected chi connectivity index (χ3v) is 6.33. The molecule has 6 nitrogen and oxygen atoms in total. The van der Waals surface area contributed by atoms with Crippen LogP contribution in [0.4, 0.5) is 5.69 Å². The molecule has 2 fully saturated rings. The Bertz CT molecular complexity index is 948. The van der Waals surface area contributed by atoms with Crippen LogP contribution in [0.25, 0.3) is 10.9 Å². The Hall–Kier alpha value is -2.36. The number of amides is 1. The van der Waals surface area contributed by atoms with Gasteiger partial charge in [-0.2, -0.15) is 5.26 Å². The highest BCUT2D eigenvalue weighted by molar-refractivity contribution is 6.31. The molecule has 2 saturated heterocycles. The minimum absolute atomic E-state index is 0.240. The predicted octanol–water partition coefficient (Wildman–Crippen LogP) is 3.28. The summed E-state index contributed by atoms with van der Waals surface area (Å²) < 4.78 is 0. The number of piperidine rings is 1. The van der Waals surface area contributed by atoms with Crippen LogP contribution in [-0.2, 0) is 4.79 Å². The lowest BCUT2D eigenvalue weighted by Crippen LogP contribution is -2.52. The maximum absolute atomic E-state index is 12.7. The van der Waals surface area contributed by atoms with Crippen molar-refractivity contribution in [1.82, 2.24) is 14.8 Å². The van der Waals surface area contributed by atoms with Crippen LogP contribution in [0.15, 0.2) is 24.4 Å². The molecule has 1 aromatic carbocycles. The van der Waals surface area contributed by atoms with E-state index >= 15 is 0 Å². The molecule has 0 bridgehead atoms. The van der Waals surface area contributed by atoms with Crippen molar-refractivity contribution in [3.63, 3.8) is 0 Å². The molecule has 0 radical (unpaired) electrons. The minimum Gasteiger partial charge on any atom is -0.367 e. The van der Waals surface area contributed by atoms with Gasteiger partial charge in [-0.1, -0.05) is 11.6 Å². The van der Waals surface area contributed by atoms with E-state index in [0.717, 1.165) is 62.2 Å². The molecule has 0 aliphatic carbocycles. The topological polar surface area (TPSA) is 63.5 Å². The highest BCUT2D eigenvalue weighted by Crippen LogP contribution is 2.32. The number of carbonyl (C=O) groups excluding carboxylic acids is 1. The van der Waals surface area contributed by atoms with Crippen molar-refractivity contribution < 1.29 is 4.79 Å². The maximum Gasteiger partial charge on any atom is 0.236 e. The number of likely N-dealkylation sites (tertiary alicyclic amines) is 1. The van der Waals surface area contributed by atoms with Crippen LogP contribution < -0.4 is 4.90 Å². The number of anilines is 1. The fraction of sp³-hybridized carbons (Fsp3) is 0.500. The largest absolute Gasteiger partial charge is 0.367 e. The average molecular weight is 412 g/mol. The molecule has 0 spiro atoms. The van der Waals surface area contributed by atoms with Crippen molar-refractivity contribution in [2.45, 2.75) is 32.2 Å². The van der Waals surface area contributed by atoms with E-state index in [4.69, 9.17) is 11.6 Å². The molecule has 152 valence electrons. The molecule has 7 heteroatoms. The normalized spacial score (nSPS) is 20.7. The third kappa shape index (κ3) is 4.17. The zero-order valence-electron chi connectivity index (χ0n) is 16.8. The quantitative estimate of drug-likeness (QED) is 0.775. The summed E-state index contributed by atoms with van der Waals surface area (Å²) in [6, 6.07) is 8.21. The molecule has 4 rings (SSSR count). The first kappa shape index (κ1) is 19.9. The van der Waals surface area contributed by atoms with Crippen LogP contribution in [0.2, 0.25) is 5.02 Å². The van der Waals surface area contributed by atoms with E-state index in [0.29, 0.717) is 23.2 Å². The van der Waals surface area contributed by atoms with Gasteiger partial charge in [0.25, 0.3) is 0 Å². The number of aromatic nitrogens is 1. The van der Waals surface area contributed by atoms with Gasteiger partial charge in [0.1, 0.15) is 6.07 Å². The number of hydrogen-bond acceptors (Lipinski definition) is 5. The van der Waals surface area contributed by atoms with Crippen LogP contribution in [-0.4, -0.2) is 66.0 Å². The molecule has 1 aromatic heterocycles. The van der Waals surface area contributed by atoms with E-state index in [1.165, 1.54) is 6.42 Å². The van der Waals surface area contributed by atoms with Crippen LogP contribution in [0.3, 0.4) is 0 Å². The van der Waals surface area contributed by atoms with Crippen molar-refractivity contribution in [3.8, 4) is 6.07 Å². The monoisotopic (exact) mass is 411 g/mol. The molecule has 1 unspecified atom stereocenters. The molecule has 2 aromatic rings. The summed E-state index contributed by atoms with van der Waals surface area (Å²) in [6.45, 7) is 6.64. The predicted molar refractivity (Wildman–Crippen MR) is 115 cm³/mol. The van der Waals surface area contributed by atoms with Crippen LogP contribution in [0.5, 0.6) is 0 Å². The number of fused-ring (bicyclic) bond motifs is 1. The molecule has 29 heavy (non-hydrogen) atoms. The minimum atomic E-state index is 0.240. The van der Waals surface area contributed by atoms with Gasteiger partial charge in [0.15, 0.2) is 0 Å². The van der Waals surface area contributed by atoms with Crippen LogP contribution in [0, 0.1) is 11.3 Å². The van der Waals surface area contributed by atoms with Gasteiger partial charge in [-0.25, -0.2) is 0 Å². The smallest absolute Gasteiger partial charge is 0.236 e. The number of carbonyl (C=O) groups is 1. The van der Waals surface area contributed by atoms with E-state index < -0.39 is 0 Å². The lowest BCUT2D eigenvalue weighted by atomic mass is 10.0. The van der Waals surface area contributed by atoms with Crippen LogP contribution in [0.1, 0.15) is 31.7 Å². The van der Waals surface area contributed by atoms with Gasteiger partial charge in [-0.15, -0.1) is 0 Å². The highest BCUT2D eigenvalue weighted by Gasteiger charge is 2.27. The summed E-state index contributed by atoms with van der Waals surface area (Å²) in [6.07, 6.45) is 5.07. The fourth-order valence-electron chi connectivity index (χ4n) is 4.45. The lowest BCUT2D eigenvalue weighted by molar-refractivity contribution is -0.135. The Morgan fingerprint density at radius 3 is 2.76 bits per heavy atom. The third-order valence-electron chi connectivity index (χ3n) is 6.09. The summed E-state index contributed by atoms with van der Waals surface area (Å²) in [5.74, 6) is 0.240. The van der Waals surface area contributed by atoms with E-state index in [9.17, 15) is 10.1 Å². The maximum atomic E-state index is 12.7. The molecular formula is C22H26ClN5O. The van der Waals surface area contributed by atoms with E-state index in [-0.39, 0.29) is 5.91 Å². The van der Waals surface area contributed by atoms with Gasteiger partial charge in [0.05, 0.1) is 23.3 Å². The van der Waals surface area contributed by atoms with Gasteiger partial charge in [-0.3, -0.25) is 14.7 Å².